The van der Waals surface area contributed by atoms with Gasteiger partial charge in [-0.1, -0.05) is 13.8 Å². The Kier molecular flexibility index (Phi) is 5.38. The van der Waals surface area contributed by atoms with E-state index < -0.39 is 0 Å². The molecular formula is C8H16O2S. The van der Waals surface area contributed by atoms with E-state index in [4.69, 9.17) is 4.74 Å². The maximum Gasteiger partial charge on any atom is 0.318 e. The van der Waals surface area contributed by atoms with Crippen molar-refractivity contribution in [3.63, 3.8) is 0 Å². The fourth-order valence-corrected chi connectivity index (χ4v) is 1.28. The minimum Gasteiger partial charge on any atom is -0.465 e. The summed E-state index contributed by atoms with van der Waals surface area (Å²) in [5.74, 6) is 0.284. The number of rotatable bonds is 4. The Morgan fingerprint density at radius 2 is 2.09 bits per heavy atom. The van der Waals surface area contributed by atoms with Gasteiger partial charge in [-0.3, -0.25) is 4.79 Å². The highest BCUT2D eigenvalue weighted by molar-refractivity contribution is 7.81. The highest BCUT2D eigenvalue weighted by Crippen LogP contribution is 2.11. The molecule has 0 aliphatic heterocycles. The topological polar surface area (TPSA) is 26.3 Å². The van der Waals surface area contributed by atoms with E-state index >= 15 is 0 Å². The van der Waals surface area contributed by atoms with Gasteiger partial charge in [0, 0.05) is 0 Å². The van der Waals surface area contributed by atoms with Crippen LogP contribution in [0.3, 0.4) is 0 Å². The number of carbonyl (C=O) groups is 1. The Hall–Kier alpha value is -0.180. The standard InChI is InChI=1S/C8H16O2S/c1-4-10-8(9)7(11)5-6(2)3/h6-7,11H,4-5H2,1-3H3/t7-/m1/s1. The summed E-state index contributed by atoms with van der Waals surface area (Å²) in [5.41, 5.74) is 0. The van der Waals surface area contributed by atoms with Crippen molar-refractivity contribution in [3.8, 4) is 0 Å². The number of esters is 1. The number of ether oxygens (including phenoxy) is 1. The lowest BCUT2D eigenvalue weighted by Gasteiger charge is -2.11. The summed E-state index contributed by atoms with van der Waals surface area (Å²) in [6.45, 7) is 6.35. The highest BCUT2D eigenvalue weighted by Gasteiger charge is 2.15. The average molecular weight is 176 g/mol. The second-order valence-corrected chi connectivity index (χ2v) is 3.52. The smallest absolute Gasteiger partial charge is 0.318 e. The molecule has 0 aromatic heterocycles. The Labute approximate surface area is 73.7 Å². The third-order valence-electron chi connectivity index (χ3n) is 1.25. The summed E-state index contributed by atoms with van der Waals surface area (Å²) in [7, 11) is 0. The summed E-state index contributed by atoms with van der Waals surface area (Å²) in [6.07, 6.45) is 0.780. The second-order valence-electron chi connectivity index (χ2n) is 2.90. The molecule has 0 rings (SSSR count). The molecule has 1 atom stereocenters. The first-order valence-electron chi connectivity index (χ1n) is 3.92. The van der Waals surface area contributed by atoms with Gasteiger partial charge >= 0.3 is 5.97 Å². The van der Waals surface area contributed by atoms with Crippen LogP contribution < -0.4 is 0 Å². The fraction of sp³-hybridized carbons (Fsp3) is 0.875. The largest absolute Gasteiger partial charge is 0.465 e. The predicted octanol–water partition coefficient (Wildman–Crippen LogP) is 1.89. The van der Waals surface area contributed by atoms with Gasteiger partial charge in [0.15, 0.2) is 0 Å². The summed E-state index contributed by atoms with van der Waals surface area (Å²) >= 11 is 4.12. The summed E-state index contributed by atoms with van der Waals surface area (Å²) in [5, 5.41) is -0.255. The molecule has 0 aromatic carbocycles. The van der Waals surface area contributed by atoms with Crippen LogP contribution in [0.1, 0.15) is 27.2 Å². The Morgan fingerprint density at radius 1 is 1.55 bits per heavy atom. The van der Waals surface area contributed by atoms with E-state index in [0.29, 0.717) is 12.5 Å². The Balaban J connectivity index is 3.64. The molecule has 3 heteroatoms. The van der Waals surface area contributed by atoms with Crippen LogP contribution in [0.25, 0.3) is 0 Å². The van der Waals surface area contributed by atoms with Crippen LogP contribution in [-0.2, 0) is 9.53 Å². The zero-order valence-electron chi connectivity index (χ0n) is 7.33. The van der Waals surface area contributed by atoms with E-state index in [0.717, 1.165) is 6.42 Å². The summed E-state index contributed by atoms with van der Waals surface area (Å²) in [4.78, 5) is 11.0. The van der Waals surface area contributed by atoms with Crippen molar-refractivity contribution in [2.45, 2.75) is 32.4 Å². The molecule has 0 N–H and O–H groups in total. The van der Waals surface area contributed by atoms with Gasteiger partial charge in [-0.05, 0) is 19.3 Å². The molecule has 0 aromatic rings. The van der Waals surface area contributed by atoms with Crippen molar-refractivity contribution in [2.24, 2.45) is 5.92 Å². The van der Waals surface area contributed by atoms with Crippen LogP contribution in [0, 0.1) is 5.92 Å². The first-order valence-corrected chi connectivity index (χ1v) is 4.44. The molecular weight excluding hydrogens is 160 g/mol. The molecule has 2 nitrogen and oxygen atoms in total. The van der Waals surface area contributed by atoms with Crippen molar-refractivity contribution in [2.75, 3.05) is 6.61 Å². The van der Waals surface area contributed by atoms with Gasteiger partial charge < -0.3 is 4.74 Å². The lowest BCUT2D eigenvalue weighted by Crippen LogP contribution is -2.19. The molecule has 11 heavy (non-hydrogen) atoms. The van der Waals surface area contributed by atoms with E-state index in [1.54, 1.807) is 6.92 Å². The highest BCUT2D eigenvalue weighted by atomic mass is 32.1. The van der Waals surface area contributed by atoms with Crippen LogP contribution in [0.2, 0.25) is 0 Å². The Bertz CT molecular complexity index is 123. The zero-order chi connectivity index (χ0) is 8.85. The molecule has 0 aliphatic carbocycles. The summed E-state index contributed by atoms with van der Waals surface area (Å²) in [6, 6.07) is 0. The maximum atomic E-state index is 11.0. The van der Waals surface area contributed by atoms with E-state index in [1.165, 1.54) is 0 Å². The predicted molar refractivity (Wildman–Crippen MR) is 48.9 cm³/mol. The van der Waals surface area contributed by atoms with Crippen molar-refractivity contribution >= 4 is 18.6 Å². The van der Waals surface area contributed by atoms with E-state index in [1.807, 2.05) is 0 Å². The zero-order valence-corrected chi connectivity index (χ0v) is 8.23. The van der Waals surface area contributed by atoms with Crippen LogP contribution in [-0.4, -0.2) is 17.8 Å². The molecule has 0 bridgehead atoms. The lowest BCUT2D eigenvalue weighted by molar-refractivity contribution is -0.142. The van der Waals surface area contributed by atoms with Crippen molar-refractivity contribution in [3.05, 3.63) is 0 Å². The van der Waals surface area contributed by atoms with Crippen LogP contribution in [0.4, 0.5) is 0 Å². The van der Waals surface area contributed by atoms with Crippen LogP contribution in [0.15, 0.2) is 0 Å². The molecule has 0 spiro atoms. The summed E-state index contributed by atoms with van der Waals surface area (Å²) < 4.78 is 4.79. The normalized spacial score (nSPS) is 13.2. The maximum absolute atomic E-state index is 11.0. The molecule has 0 saturated heterocycles. The SMILES string of the molecule is CCOC(=O)[C@H](S)CC(C)C. The average Bonchev–Trinajstić information content (AvgIpc) is 1.86. The van der Waals surface area contributed by atoms with Gasteiger partial charge in [0.05, 0.1) is 11.9 Å². The van der Waals surface area contributed by atoms with Gasteiger partial charge in [0.2, 0.25) is 0 Å². The second kappa shape index (κ2) is 5.47. The molecule has 0 saturated carbocycles. The first-order chi connectivity index (χ1) is 5.07. The molecule has 66 valence electrons. The van der Waals surface area contributed by atoms with Gasteiger partial charge in [-0.25, -0.2) is 0 Å². The van der Waals surface area contributed by atoms with Crippen molar-refractivity contribution in [1.82, 2.24) is 0 Å². The van der Waals surface area contributed by atoms with Gasteiger partial charge in [-0.15, -0.1) is 0 Å². The van der Waals surface area contributed by atoms with Crippen LogP contribution in [0.5, 0.6) is 0 Å². The third kappa shape index (κ3) is 5.13. The minimum absolute atomic E-state index is 0.204. The number of thiol groups is 1. The molecule has 0 unspecified atom stereocenters. The molecule has 0 aliphatic rings. The van der Waals surface area contributed by atoms with Crippen molar-refractivity contribution in [1.29, 1.82) is 0 Å². The first kappa shape index (κ1) is 10.8. The minimum atomic E-state index is -0.255. The van der Waals surface area contributed by atoms with Gasteiger partial charge in [0.25, 0.3) is 0 Å². The number of hydrogen-bond acceptors (Lipinski definition) is 3. The quantitative estimate of drug-likeness (QED) is 0.523. The van der Waals surface area contributed by atoms with Gasteiger partial charge in [-0.2, -0.15) is 12.6 Å². The number of hydrogen-bond donors (Lipinski definition) is 1. The molecule has 0 radical (unpaired) electrons. The van der Waals surface area contributed by atoms with E-state index in [9.17, 15) is 4.79 Å². The molecule has 0 heterocycles. The van der Waals surface area contributed by atoms with Crippen molar-refractivity contribution < 1.29 is 9.53 Å². The lowest BCUT2D eigenvalue weighted by atomic mass is 10.1. The molecule has 0 amide bonds. The molecule has 0 fully saturated rings. The van der Waals surface area contributed by atoms with Gasteiger partial charge in [0.1, 0.15) is 0 Å². The third-order valence-corrected chi connectivity index (χ3v) is 1.67. The number of carbonyl (C=O) groups excluding carboxylic acids is 1. The Morgan fingerprint density at radius 3 is 2.45 bits per heavy atom. The fourth-order valence-electron chi connectivity index (χ4n) is 0.781. The van der Waals surface area contributed by atoms with Crippen LogP contribution >= 0.6 is 12.6 Å². The van der Waals surface area contributed by atoms with E-state index in [-0.39, 0.29) is 11.2 Å². The monoisotopic (exact) mass is 176 g/mol. The van der Waals surface area contributed by atoms with E-state index in [2.05, 4.69) is 26.5 Å².